The van der Waals surface area contributed by atoms with Gasteiger partial charge in [0.15, 0.2) is 0 Å². The second kappa shape index (κ2) is 8.41. The van der Waals surface area contributed by atoms with E-state index in [9.17, 15) is 13.2 Å². The minimum atomic E-state index is -3.61. The monoisotopic (exact) mass is 386 g/mol. The summed E-state index contributed by atoms with van der Waals surface area (Å²) in [4.78, 5) is 14.8. The third kappa shape index (κ3) is 4.88. The number of likely N-dealkylation sites (N-methyl/N-ethyl adjacent to an activating group) is 1. The van der Waals surface area contributed by atoms with Gasteiger partial charge in [0.1, 0.15) is 6.04 Å². The van der Waals surface area contributed by atoms with Gasteiger partial charge in [-0.2, -0.15) is 0 Å². The van der Waals surface area contributed by atoms with Crippen molar-refractivity contribution >= 4 is 33.2 Å². The predicted octanol–water partition coefficient (Wildman–Crippen LogP) is 3.68. The molecule has 2 rings (SSSR count). The van der Waals surface area contributed by atoms with Gasteiger partial charge in [0.05, 0.1) is 11.9 Å². The van der Waals surface area contributed by atoms with E-state index < -0.39 is 16.1 Å². The first-order chi connectivity index (χ1) is 11.8. The van der Waals surface area contributed by atoms with E-state index in [1.54, 1.807) is 36.2 Å². The lowest BCUT2D eigenvalue weighted by molar-refractivity contribution is -0.133. The number of halogens is 1. The van der Waals surface area contributed by atoms with Crippen molar-refractivity contribution in [1.82, 2.24) is 4.90 Å². The van der Waals surface area contributed by atoms with Crippen LogP contribution in [0.4, 0.5) is 5.69 Å². The number of carbonyl (C=O) groups excluding carboxylic acids is 1. The molecule has 1 amide bonds. The molecule has 1 aliphatic rings. The molecule has 140 valence electrons. The maximum Gasteiger partial charge on any atom is 0.246 e. The highest BCUT2D eigenvalue weighted by Crippen LogP contribution is 2.27. The number of hydrogen-bond acceptors (Lipinski definition) is 3. The Morgan fingerprint density at radius 3 is 2.24 bits per heavy atom. The van der Waals surface area contributed by atoms with Gasteiger partial charge in [-0.3, -0.25) is 9.10 Å². The Kier molecular flexibility index (Phi) is 6.74. The van der Waals surface area contributed by atoms with Gasteiger partial charge in [0.2, 0.25) is 15.9 Å². The third-order valence-electron chi connectivity index (χ3n) is 4.86. The number of benzene rings is 1. The van der Waals surface area contributed by atoms with Crippen LogP contribution in [0, 0.1) is 0 Å². The van der Waals surface area contributed by atoms with Crippen molar-refractivity contribution in [3.8, 4) is 0 Å². The Balaban J connectivity index is 2.32. The number of rotatable bonds is 6. The second-order valence-electron chi connectivity index (χ2n) is 6.70. The van der Waals surface area contributed by atoms with Crippen molar-refractivity contribution in [2.75, 3.05) is 17.6 Å². The lowest BCUT2D eigenvalue weighted by Gasteiger charge is -2.37. The van der Waals surface area contributed by atoms with Gasteiger partial charge in [-0.1, -0.05) is 37.8 Å². The van der Waals surface area contributed by atoms with Crippen LogP contribution < -0.4 is 4.31 Å². The molecule has 0 bridgehead atoms. The summed E-state index contributed by atoms with van der Waals surface area (Å²) in [6, 6.07) is 6.00. The molecule has 0 N–H and O–H groups in total. The number of sulfonamides is 1. The first-order valence-electron chi connectivity index (χ1n) is 8.77. The third-order valence-corrected chi connectivity index (χ3v) is 6.30. The van der Waals surface area contributed by atoms with Crippen LogP contribution in [0.3, 0.4) is 0 Å². The van der Waals surface area contributed by atoms with Crippen molar-refractivity contribution in [1.29, 1.82) is 0 Å². The molecule has 1 aromatic rings. The molecular weight excluding hydrogens is 360 g/mol. The van der Waals surface area contributed by atoms with Crippen LogP contribution in [0.25, 0.3) is 0 Å². The van der Waals surface area contributed by atoms with E-state index in [-0.39, 0.29) is 11.9 Å². The fourth-order valence-corrected chi connectivity index (χ4v) is 4.85. The van der Waals surface area contributed by atoms with E-state index in [0.717, 1.165) is 31.9 Å². The van der Waals surface area contributed by atoms with Crippen molar-refractivity contribution in [2.24, 2.45) is 0 Å². The SMILES string of the molecule is CC[C@@H](C(=O)N(C)C1CCCCC1)N(c1ccc(Cl)cc1)S(C)(=O)=O. The molecule has 1 aromatic carbocycles. The average molecular weight is 387 g/mol. The summed E-state index contributed by atoms with van der Waals surface area (Å²) in [5, 5.41) is 0.524. The highest BCUT2D eigenvalue weighted by molar-refractivity contribution is 7.92. The number of amides is 1. The number of nitrogens with zero attached hydrogens (tertiary/aromatic N) is 2. The summed E-state index contributed by atoms with van der Waals surface area (Å²) < 4.78 is 26.1. The van der Waals surface area contributed by atoms with Crippen molar-refractivity contribution in [3.05, 3.63) is 29.3 Å². The largest absolute Gasteiger partial charge is 0.341 e. The van der Waals surface area contributed by atoms with E-state index in [1.165, 1.54) is 10.7 Å². The van der Waals surface area contributed by atoms with Gasteiger partial charge < -0.3 is 4.90 Å². The van der Waals surface area contributed by atoms with E-state index in [1.807, 2.05) is 6.92 Å². The Hall–Kier alpha value is -1.27. The summed E-state index contributed by atoms with van der Waals surface area (Å²) in [6.07, 6.45) is 6.95. The minimum Gasteiger partial charge on any atom is -0.341 e. The Morgan fingerprint density at radius 2 is 1.76 bits per heavy atom. The quantitative estimate of drug-likeness (QED) is 0.749. The molecule has 1 atom stereocenters. The van der Waals surface area contributed by atoms with Gasteiger partial charge in [-0.05, 0) is 43.5 Å². The van der Waals surface area contributed by atoms with Crippen molar-refractivity contribution in [3.63, 3.8) is 0 Å². The van der Waals surface area contributed by atoms with Crippen LogP contribution >= 0.6 is 11.6 Å². The van der Waals surface area contributed by atoms with Gasteiger partial charge in [0, 0.05) is 18.1 Å². The summed E-state index contributed by atoms with van der Waals surface area (Å²) in [7, 11) is -1.81. The zero-order chi connectivity index (χ0) is 18.6. The minimum absolute atomic E-state index is 0.144. The second-order valence-corrected chi connectivity index (χ2v) is 9.00. The molecular formula is C18H27ClN2O3S. The standard InChI is InChI=1S/C18H27ClN2O3S/c1-4-17(18(22)20(2)15-8-6-5-7-9-15)21(25(3,23)24)16-12-10-14(19)11-13-16/h10-13,15,17H,4-9H2,1-3H3/t17-/m0/s1. The molecule has 0 radical (unpaired) electrons. The predicted molar refractivity (Wildman–Crippen MR) is 102 cm³/mol. The number of hydrogen-bond donors (Lipinski definition) is 0. The summed E-state index contributed by atoms with van der Waals surface area (Å²) >= 11 is 5.92. The Bertz CT molecular complexity index is 685. The lowest BCUT2D eigenvalue weighted by Crippen LogP contribution is -2.52. The molecule has 1 fully saturated rings. The molecule has 0 unspecified atom stereocenters. The summed E-state index contributed by atoms with van der Waals surface area (Å²) in [5.41, 5.74) is 0.462. The molecule has 7 heteroatoms. The Labute approximate surface area is 156 Å². The van der Waals surface area contributed by atoms with Gasteiger partial charge in [-0.25, -0.2) is 8.42 Å². The Morgan fingerprint density at radius 1 is 1.20 bits per heavy atom. The van der Waals surface area contributed by atoms with Crippen LogP contribution in [0.5, 0.6) is 0 Å². The summed E-state index contributed by atoms with van der Waals surface area (Å²) in [5.74, 6) is -0.144. The highest BCUT2D eigenvalue weighted by Gasteiger charge is 2.35. The van der Waals surface area contributed by atoms with Crippen molar-refractivity contribution < 1.29 is 13.2 Å². The first-order valence-corrected chi connectivity index (χ1v) is 11.0. The molecule has 0 saturated heterocycles. The van der Waals surface area contributed by atoms with Crippen molar-refractivity contribution in [2.45, 2.75) is 57.5 Å². The highest BCUT2D eigenvalue weighted by atomic mass is 35.5. The maximum atomic E-state index is 13.1. The van der Waals surface area contributed by atoms with Crippen LogP contribution in [0.1, 0.15) is 45.4 Å². The molecule has 1 aliphatic carbocycles. The zero-order valence-corrected chi connectivity index (χ0v) is 16.7. The van der Waals surface area contributed by atoms with Crippen LogP contribution in [0.15, 0.2) is 24.3 Å². The van der Waals surface area contributed by atoms with E-state index in [0.29, 0.717) is 17.1 Å². The van der Waals surface area contributed by atoms with Gasteiger partial charge in [-0.15, -0.1) is 0 Å². The molecule has 1 saturated carbocycles. The van der Waals surface area contributed by atoms with Crippen LogP contribution in [-0.2, 0) is 14.8 Å². The maximum absolute atomic E-state index is 13.1. The molecule has 25 heavy (non-hydrogen) atoms. The number of anilines is 1. The first kappa shape index (κ1) is 20.0. The van der Waals surface area contributed by atoms with E-state index >= 15 is 0 Å². The number of carbonyl (C=O) groups is 1. The molecule has 0 heterocycles. The smallest absolute Gasteiger partial charge is 0.246 e. The fraction of sp³-hybridized carbons (Fsp3) is 0.611. The topological polar surface area (TPSA) is 57.7 Å². The zero-order valence-electron chi connectivity index (χ0n) is 15.1. The molecule has 0 spiro atoms. The molecule has 0 aliphatic heterocycles. The molecule has 5 nitrogen and oxygen atoms in total. The van der Waals surface area contributed by atoms with Crippen LogP contribution in [0.2, 0.25) is 5.02 Å². The fourth-order valence-electron chi connectivity index (χ4n) is 3.51. The van der Waals surface area contributed by atoms with E-state index in [2.05, 4.69) is 0 Å². The normalized spacial score (nSPS) is 17.1. The average Bonchev–Trinajstić information content (AvgIpc) is 2.59. The van der Waals surface area contributed by atoms with Crippen LogP contribution in [-0.4, -0.2) is 44.6 Å². The summed E-state index contributed by atoms with van der Waals surface area (Å²) in [6.45, 7) is 1.84. The molecule has 0 aromatic heterocycles. The van der Waals surface area contributed by atoms with Gasteiger partial charge in [0.25, 0.3) is 0 Å². The van der Waals surface area contributed by atoms with E-state index in [4.69, 9.17) is 11.6 Å². The van der Waals surface area contributed by atoms with Gasteiger partial charge >= 0.3 is 0 Å². The lowest BCUT2D eigenvalue weighted by atomic mass is 9.94.